The molecule has 2 aromatic rings. The van der Waals surface area contributed by atoms with Crippen molar-refractivity contribution in [2.75, 3.05) is 32.8 Å². The molecule has 1 saturated heterocycles. The summed E-state index contributed by atoms with van der Waals surface area (Å²) in [5, 5.41) is 9.00. The molecule has 1 aromatic heterocycles. The zero-order valence-corrected chi connectivity index (χ0v) is 21.0. The van der Waals surface area contributed by atoms with Crippen LogP contribution >= 0.6 is 35.3 Å². The molecule has 2 heterocycles. The number of hydrogen-bond donors (Lipinski definition) is 3. The molecule has 0 radical (unpaired) electrons. The lowest BCUT2D eigenvalue weighted by Crippen LogP contribution is -2.42. The van der Waals surface area contributed by atoms with Crippen LogP contribution in [0.25, 0.3) is 0 Å². The maximum atomic E-state index is 10.9. The van der Waals surface area contributed by atoms with Crippen LogP contribution in [0.15, 0.2) is 46.8 Å². The minimum Gasteiger partial charge on any atom is -0.484 e. The first kappa shape index (κ1) is 25.4. The number of hydrogen-bond acceptors (Lipinski definition) is 5. The maximum Gasteiger partial charge on any atom is 0.255 e. The molecule has 0 spiro atoms. The number of nitrogens with one attached hydrogen (secondary N) is 2. The summed E-state index contributed by atoms with van der Waals surface area (Å²) in [6.07, 6.45) is 2.54. The smallest absolute Gasteiger partial charge is 0.255 e. The van der Waals surface area contributed by atoms with Gasteiger partial charge in [0.25, 0.3) is 5.91 Å². The number of rotatable bonds is 10. The Morgan fingerprint density at radius 3 is 2.74 bits per heavy atom. The zero-order valence-electron chi connectivity index (χ0n) is 17.9. The molecule has 1 amide bonds. The topological polar surface area (TPSA) is 92.0 Å². The minimum atomic E-state index is -0.490. The number of halogens is 1. The van der Waals surface area contributed by atoms with Crippen molar-refractivity contribution in [1.29, 1.82) is 0 Å². The second-order valence-electron chi connectivity index (χ2n) is 7.25. The minimum absolute atomic E-state index is 0. The highest BCUT2D eigenvalue weighted by atomic mass is 127. The Kier molecular flexibility index (Phi) is 11.1. The van der Waals surface area contributed by atoms with E-state index in [0.717, 1.165) is 37.7 Å². The normalized spacial score (nSPS) is 15.2. The van der Waals surface area contributed by atoms with Crippen molar-refractivity contribution < 1.29 is 9.53 Å². The van der Waals surface area contributed by atoms with Gasteiger partial charge in [-0.2, -0.15) is 0 Å². The van der Waals surface area contributed by atoms with Crippen LogP contribution in [0, 0.1) is 0 Å². The molecule has 1 aliphatic heterocycles. The van der Waals surface area contributed by atoms with E-state index < -0.39 is 5.91 Å². The Bertz CT molecular complexity index is 825. The van der Waals surface area contributed by atoms with Crippen molar-refractivity contribution in [1.82, 2.24) is 15.5 Å². The third kappa shape index (κ3) is 8.30. The van der Waals surface area contributed by atoms with Gasteiger partial charge in [-0.3, -0.25) is 9.69 Å². The van der Waals surface area contributed by atoms with Gasteiger partial charge in [0.1, 0.15) is 5.75 Å². The molecule has 7 nitrogen and oxygen atoms in total. The number of likely N-dealkylation sites (tertiary alicyclic amines) is 1. The van der Waals surface area contributed by atoms with Gasteiger partial charge in [0.15, 0.2) is 12.6 Å². The third-order valence-electron chi connectivity index (χ3n) is 4.96. The molecule has 1 aliphatic rings. The van der Waals surface area contributed by atoms with E-state index in [9.17, 15) is 4.79 Å². The second-order valence-corrected chi connectivity index (χ2v) is 8.23. The molecule has 170 valence electrons. The van der Waals surface area contributed by atoms with Crippen molar-refractivity contribution in [2.24, 2.45) is 10.7 Å². The van der Waals surface area contributed by atoms with E-state index in [1.165, 1.54) is 17.7 Å². The summed E-state index contributed by atoms with van der Waals surface area (Å²) in [5.41, 5.74) is 6.15. The molecule has 31 heavy (non-hydrogen) atoms. The fraction of sp³-hybridized carbons (Fsp3) is 0.455. The van der Waals surface area contributed by atoms with Crippen molar-refractivity contribution in [3.05, 3.63) is 52.2 Å². The third-order valence-corrected chi connectivity index (χ3v) is 5.93. The van der Waals surface area contributed by atoms with E-state index in [0.29, 0.717) is 18.3 Å². The largest absolute Gasteiger partial charge is 0.484 e. The molecule has 4 N–H and O–H groups in total. The lowest BCUT2D eigenvalue weighted by Gasteiger charge is -2.27. The van der Waals surface area contributed by atoms with E-state index in [1.807, 2.05) is 29.5 Å². The number of benzene rings is 1. The number of guanidine groups is 1. The van der Waals surface area contributed by atoms with E-state index >= 15 is 0 Å². The summed E-state index contributed by atoms with van der Waals surface area (Å²) in [7, 11) is 0. The number of carbonyl (C=O) groups is 1. The van der Waals surface area contributed by atoms with E-state index in [-0.39, 0.29) is 30.6 Å². The van der Waals surface area contributed by atoms with Gasteiger partial charge in [-0.1, -0.05) is 18.2 Å². The van der Waals surface area contributed by atoms with Crippen LogP contribution in [0.1, 0.15) is 36.2 Å². The van der Waals surface area contributed by atoms with Crippen LogP contribution in [0.4, 0.5) is 0 Å². The fourth-order valence-corrected chi connectivity index (χ4v) is 4.40. The number of thiophene rings is 1. The summed E-state index contributed by atoms with van der Waals surface area (Å²) in [5.74, 6) is 0.920. The molecule has 3 rings (SSSR count). The Labute approximate surface area is 205 Å². The van der Waals surface area contributed by atoms with Gasteiger partial charge in [0, 0.05) is 18.0 Å². The number of primary amides is 1. The first-order valence-corrected chi connectivity index (χ1v) is 11.3. The van der Waals surface area contributed by atoms with E-state index in [1.54, 1.807) is 6.07 Å². The lowest BCUT2D eigenvalue weighted by atomic mass is 10.2. The van der Waals surface area contributed by atoms with Gasteiger partial charge in [-0.15, -0.1) is 35.3 Å². The summed E-state index contributed by atoms with van der Waals surface area (Å²) in [4.78, 5) is 19.6. The summed E-state index contributed by atoms with van der Waals surface area (Å²) >= 11 is 1.81. The van der Waals surface area contributed by atoms with Crippen LogP contribution in [0.5, 0.6) is 5.75 Å². The Balaban J connectivity index is 0.00000341. The molecule has 0 aliphatic carbocycles. The van der Waals surface area contributed by atoms with E-state index in [2.05, 4.69) is 40.0 Å². The monoisotopic (exact) mass is 557 g/mol. The average Bonchev–Trinajstić information content (AvgIpc) is 3.46. The zero-order chi connectivity index (χ0) is 21.2. The van der Waals surface area contributed by atoms with Gasteiger partial charge in [0.2, 0.25) is 0 Å². The number of carbonyl (C=O) groups excluding carboxylic acids is 1. The number of amides is 1. The first-order chi connectivity index (χ1) is 14.7. The molecule has 9 heteroatoms. The highest BCUT2D eigenvalue weighted by Crippen LogP contribution is 2.27. The van der Waals surface area contributed by atoms with Crippen molar-refractivity contribution in [3.8, 4) is 5.75 Å². The maximum absolute atomic E-state index is 10.9. The number of ether oxygens (including phenoxy) is 1. The van der Waals surface area contributed by atoms with Gasteiger partial charge in [-0.05, 0) is 62.0 Å². The number of nitrogens with two attached hydrogens (primary N) is 1. The van der Waals surface area contributed by atoms with Crippen molar-refractivity contribution in [3.63, 3.8) is 0 Å². The van der Waals surface area contributed by atoms with Crippen molar-refractivity contribution >= 4 is 47.2 Å². The van der Waals surface area contributed by atoms with Crippen LogP contribution in [0.2, 0.25) is 0 Å². The van der Waals surface area contributed by atoms with Gasteiger partial charge < -0.3 is 21.1 Å². The van der Waals surface area contributed by atoms with Gasteiger partial charge in [0.05, 0.1) is 12.6 Å². The summed E-state index contributed by atoms with van der Waals surface area (Å²) in [6, 6.07) is 12.3. The van der Waals surface area contributed by atoms with Crippen LogP contribution < -0.4 is 21.1 Å². The standard InChI is InChI=1S/C22H31N5O2S.HI/c1-2-24-22(25-14-17-7-5-8-18(13-17)29-16-21(23)28)26-15-19(20-9-6-12-30-20)27-10-3-4-11-27;/h5-9,12-13,19H,2-4,10-11,14-16H2,1H3,(H2,23,28)(H2,24,25,26);1H. The highest BCUT2D eigenvalue weighted by molar-refractivity contribution is 14.0. The highest BCUT2D eigenvalue weighted by Gasteiger charge is 2.24. The van der Waals surface area contributed by atoms with Gasteiger partial charge in [-0.25, -0.2) is 4.99 Å². The van der Waals surface area contributed by atoms with Crippen molar-refractivity contribution in [2.45, 2.75) is 32.4 Å². The molecule has 1 aromatic carbocycles. The molecule has 0 bridgehead atoms. The predicted octanol–water partition coefficient (Wildman–Crippen LogP) is 3.12. The van der Waals surface area contributed by atoms with E-state index in [4.69, 9.17) is 15.5 Å². The van der Waals surface area contributed by atoms with Crippen LogP contribution in [-0.4, -0.2) is 49.6 Å². The molecule has 1 unspecified atom stereocenters. The number of nitrogens with zero attached hydrogens (tertiary/aromatic N) is 2. The molecular weight excluding hydrogens is 525 g/mol. The van der Waals surface area contributed by atoms with Crippen LogP contribution in [-0.2, 0) is 11.3 Å². The lowest BCUT2D eigenvalue weighted by molar-refractivity contribution is -0.119. The quantitative estimate of drug-likeness (QED) is 0.237. The van der Waals surface area contributed by atoms with Gasteiger partial charge >= 0.3 is 0 Å². The van der Waals surface area contributed by atoms with Crippen LogP contribution in [0.3, 0.4) is 0 Å². The molecular formula is C22H32IN5O2S. The number of aliphatic imine (C=N–C) groups is 1. The second kappa shape index (κ2) is 13.5. The Hall–Kier alpha value is -1.85. The first-order valence-electron chi connectivity index (χ1n) is 10.5. The SMILES string of the molecule is CCNC(=NCc1cccc(OCC(N)=O)c1)NCC(c1cccs1)N1CCCC1.I. The fourth-order valence-electron chi connectivity index (χ4n) is 3.54. The predicted molar refractivity (Wildman–Crippen MR) is 137 cm³/mol. The summed E-state index contributed by atoms with van der Waals surface area (Å²) in [6.45, 7) is 6.35. The molecule has 1 fully saturated rings. The Morgan fingerprint density at radius 1 is 1.26 bits per heavy atom. The molecule has 0 saturated carbocycles. The Morgan fingerprint density at radius 2 is 2.06 bits per heavy atom. The summed E-state index contributed by atoms with van der Waals surface area (Å²) < 4.78 is 5.38. The average molecular weight is 558 g/mol. The molecule has 1 atom stereocenters.